The minimum Gasteiger partial charge on any atom is -0.489 e. The highest BCUT2D eigenvalue weighted by molar-refractivity contribution is 6.37. The minimum atomic E-state index is -0.849. The maximum absolute atomic E-state index is 13.0. The van der Waals surface area contributed by atoms with Gasteiger partial charge in [-0.25, -0.2) is 4.79 Å². The summed E-state index contributed by atoms with van der Waals surface area (Å²) in [5.74, 6) is -0.191. The summed E-state index contributed by atoms with van der Waals surface area (Å²) < 4.78 is 11.3. The first-order valence-corrected chi connectivity index (χ1v) is 9.17. The number of fused-ring (bicyclic) bond motifs is 1. The molecule has 0 aliphatic heterocycles. The van der Waals surface area contributed by atoms with Crippen LogP contribution in [0.5, 0.6) is 5.75 Å². The van der Waals surface area contributed by atoms with E-state index in [0.717, 1.165) is 0 Å². The number of hydrogen-bond acceptors (Lipinski definition) is 5. The van der Waals surface area contributed by atoms with E-state index in [1.165, 1.54) is 18.2 Å². The molecule has 1 aromatic heterocycles. The lowest BCUT2D eigenvalue weighted by Gasteiger charge is -2.05. The Morgan fingerprint density at radius 2 is 1.97 bits per heavy atom. The Balaban J connectivity index is 2.03. The molecule has 1 heterocycles. The van der Waals surface area contributed by atoms with Crippen molar-refractivity contribution >= 4 is 51.7 Å². The monoisotopic (exact) mass is 434 g/mol. The number of anilines is 1. The zero-order valence-electron chi connectivity index (χ0n) is 14.9. The number of urea groups is 1. The topological polar surface area (TPSA) is 115 Å². The van der Waals surface area contributed by atoms with Crippen LogP contribution >= 0.6 is 23.2 Å². The van der Waals surface area contributed by atoms with E-state index in [0.29, 0.717) is 21.7 Å². The van der Waals surface area contributed by atoms with Crippen LogP contribution in [0.2, 0.25) is 10.0 Å². The van der Waals surface area contributed by atoms with Crippen LogP contribution < -0.4 is 15.8 Å². The molecule has 3 rings (SSSR count). The quantitative estimate of drug-likeness (QED) is 0.376. The van der Waals surface area contributed by atoms with Gasteiger partial charge in [0.25, 0.3) is 0 Å². The first-order valence-electron chi connectivity index (χ1n) is 8.42. The van der Waals surface area contributed by atoms with Crippen LogP contribution in [0.3, 0.4) is 0 Å². The SMILES string of the molecule is NC(=O)Nc1c(C(=O)c2ccc(Cl)cc2Cl)oc2cc(OC/C=C\CO)ccc12. The number of carbonyl (C=O) groups is 2. The van der Waals surface area contributed by atoms with Crippen molar-refractivity contribution in [2.24, 2.45) is 5.73 Å². The fourth-order valence-corrected chi connectivity index (χ4v) is 3.15. The van der Waals surface area contributed by atoms with E-state index in [-0.39, 0.29) is 35.2 Å². The highest BCUT2D eigenvalue weighted by atomic mass is 35.5. The van der Waals surface area contributed by atoms with E-state index in [2.05, 4.69) is 5.32 Å². The number of aliphatic hydroxyl groups is 1. The number of nitrogens with two attached hydrogens (primary N) is 1. The number of ether oxygens (including phenoxy) is 1. The fourth-order valence-electron chi connectivity index (χ4n) is 2.66. The third kappa shape index (κ3) is 4.71. The number of amides is 2. The van der Waals surface area contributed by atoms with Gasteiger partial charge in [0.2, 0.25) is 5.78 Å². The summed E-state index contributed by atoms with van der Waals surface area (Å²) in [6, 6.07) is 8.45. The van der Waals surface area contributed by atoms with Gasteiger partial charge >= 0.3 is 6.03 Å². The zero-order chi connectivity index (χ0) is 21.0. The number of rotatable bonds is 7. The van der Waals surface area contributed by atoms with Crippen LogP contribution in [-0.2, 0) is 0 Å². The molecule has 29 heavy (non-hydrogen) atoms. The Morgan fingerprint density at radius 1 is 1.17 bits per heavy atom. The van der Waals surface area contributed by atoms with Crippen molar-refractivity contribution in [2.75, 3.05) is 18.5 Å². The molecule has 2 amide bonds. The van der Waals surface area contributed by atoms with Crippen LogP contribution in [0.15, 0.2) is 53.0 Å². The standard InChI is InChI=1S/C20H16Cl2N2O5/c21-11-3-5-13(15(22)9-11)18(26)19-17(24-20(23)27)14-6-4-12(10-16(14)29-19)28-8-2-1-7-25/h1-6,9-10,25H,7-8H2,(H3,23,24,27)/b2-1-. The van der Waals surface area contributed by atoms with Crippen LogP contribution in [0.4, 0.5) is 10.5 Å². The molecule has 9 heteroatoms. The highest BCUT2D eigenvalue weighted by Crippen LogP contribution is 2.36. The van der Waals surface area contributed by atoms with Crippen molar-refractivity contribution in [2.45, 2.75) is 0 Å². The molecule has 0 fully saturated rings. The predicted octanol–water partition coefficient (Wildman–Crippen LogP) is 4.39. The molecule has 150 valence electrons. The third-order valence-electron chi connectivity index (χ3n) is 3.91. The Kier molecular flexibility index (Phi) is 6.43. The fraction of sp³-hybridized carbons (Fsp3) is 0.100. The normalized spacial score (nSPS) is 11.1. The summed E-state index contributed by atoms with van der Waals surface area (Å²) in [5.41, 5.74) is 5.86. The highest BCUT2D eigenvalue weighted by Gasteiger charge is 2.25. The molecular formula is C20H16Cl2N2O5. The van der Waals surface area contributed by atoms with E-state index < -0.39 is 11.8 Å². The van der Waals surface area contributed by atoms with Gasteiger partial charge in [-0.05, 0) is 36.4 Å². The molecule has 0 atom stereocenters. The average Bonchev–Trinajstić information content (AvgIpc) is 3.02. The van der Waals surface area contributed by atoms with Crippen LogP contribution in [0.25, 0.3) is 11.0 Å². The molecule has 0 unspecified atom stereocenters. The lowest BCUT2D eigenvalue weighted by Crippen LogP contribution is -2.20. The van der Waals surface area contributed by atoms with E-state index in [9.17, 15) is 9.59 Å². The summed E-state index contributed by atoms with van der Waals surface area (Å²) in [6.07, 6.45) is 3.21. The van der Waals surface area contributed by atoms with Crippen LogP contribution in [0.1, 0.15) is 16.1 Å². The molecule has 0 saturated carbocycles. The van der Waals surface area contributed by atoms with Crippen LogP contribution in [0, 0.1) is 0 Å². The van der Waals surface area contributed by atoms with Gasteiger partial charge in [-0.2, -0.15) is 0 Å². The number of carbonyl (C=O) groups excluding carboxylic acids is 2. The number of halogens is 2. The second kappa shape index (κ2) is 9.00. The van der Waals surface area contributed by atoms with Crippen molar-refractivity contribution in [3.05, 3.63) is 69.9 Å². The largest absolute Gasteiger partial charge is 0.489 e. The Morgan fingerprint density at radius 3 is 2.66 bits per heavy atom. The van der Waals surface area contributed by atoms with Gasteiger partial charge in [-0.15, -0.1) is 0 Å². The summed E-state index contributed by atoms with van der Waals surface area (Å²) in [4.78, 5) is 24.5. The number of primary amides is 1. The van der Waals surface area contributed by atoms with Gasteiger partial charge < -0.3 is 25.3 Å². The number of ketones is 1. The number of hydrogen-bond donors (Lipinski definition) is 3. The Bertz CT molecular complexity index is 1110. The molecule has 0 spiro atoms. The lowest BCUT2D eigenvalue weighted by atomic mass is 10.1. The van der Waals surface area contributed by atoms with Gasteiger partial charge in [-0.1, -0.05) is 29.3 Å². The summed E-state index contributed by atoms with van der Waals surface area (Å²) in [5, 5.41) is 12.2. The number of benzene rings is 2. The van der Waals surface area contributed by atoms with Gasteiger partial charge in [0.1, 0.15) is 23.6 Å². The Labute approximate surface area is 175 Å². The van der Waals surface area contributed by atoms with Crippen molar-refractivity contribution in [3.8, 4) is 5.75 Å². The van der Waals surface area contributed by atoms with Gasteiger partial charge in [0, 0.05) is 22.0 Å². The predicted molar refractivity (Wildman–Crippen MR) is 111 cm³/mol. The van der Waals surface area contributed by atoms with E-state index >= 15 is 0 Å². The van der Waals surface area contributed by atoms with Crippen molar-refractivity contribution in [1.29, 1.82) is 0 Å². The molecule has 0 saturated heterocycles. The molecule has 3 aromatic rings. The molecule has 0 bridgehead atoms. The van der Waals surface area contributed by atoms with Gasteiger partial charge in [0.05, 0.1) is 11.6 Å². The second-order valence-electron chi connectivity index (χ2n) is 5.87. The van der Waals surface area contributed by atoms with Gasteiger partial charge in [0.15, 0.2) is 5.76 Å². The molecule has 0 radical (unpaired) electrons. The summed E-state index contributed by atoms with van der Waals surface area (Å²) in [7, 11) is 0. The molecule has 0 aliphatic rings. The molecule has 7 nitrogen and oxygen atoms in total. The van der Waals surface area contributed by atoms with E-state index in [1.807, 2.05) is 0 Å². The van der Waals surface area contributed by atoms with Gasteiger partial charge in [-0.3, -0.25) is 4.79 Å². The molecule has 2 aromatic carbocycles. The zero-order valence-corrected chi connectivity index (χ0v) is 16.5. The average molecular weight is 435 g/mol. The first kappa shape index (κ1) is 20.7. The molecular weight excluding hydrogens is 419 g/mol. The van der Waals surface area contributed by atoms with Crippen molar-refractivity contribution in [3.63, 3.8) is 0 Å². The maximum Gasteiger partial charge on any atom is 0.316 e. The summed E-state index contributed by atoms with van der Waals surface area (Å²) in [6.45, 7) is 0.160. The molecule has 0 aliphatic carbocycles. The van der Waals surface area contributed by atoms with Crippen molar-refractivity contribution < 1.29 is 23.8 Å². The number of aliphatic hydroxyl groups excluding tert-OH is 1. The summed E-state index contributed by atoms with van der Waals surface area (Å²) >= 11 is 12.0. The minimum absolute atomic E-state index is 0.0819. The Hall–Kier alpha value is -3.00. The maximum atomic E-state index is 13.0. The van der Waals surface area contributed by atoms with Crippen LogP contribution in [-0.4, -0.2) is 30.1 Å². The molecule has 4 N–H and O–H groups in total. The number of furan rings is 1. The van der Waals surface area contributed by atoms with E-state index in [4.69, 9.17) is 43.2 Å². The second-order valence-corrected chi connectivity index (χ2v) is 6.72. The first-order chi connectivity index (χ1) is 13.9. The number of nitrogens with one attached hydrogen (secondary N) is 1. The van der Waals surface area contributed by atoms with E-state index in [1.54, 1.807) is 30.4 Å². The smallest absolute Gasteiger partial charge is 0.316 e. The third-order valence-corrected chi connectivity index (χ3v) is 4.46. The van der Waals surface area contributed by atoms with Crippen molar-refractivity contribution in [1.82, 2.24) is 0 Å². The lowest BCUT2D eigenvalue weighted by molar-refractivity contribution is 0.101.